The van der Waals surface area contributed by atoms with E-state index in [0.29, 0.717) is 24.3 Å². The number of carboxylic acid groups (broad SMARTS) is 1. The van der Waals surface area contributed by atoms with Crippen LogP contribution in [0.5, 0.6) is 11.5 Å². The zero-order valence-electron chi connectivity index (χ0n) is 9.89. The van der Waals surface area contributed by atoms with Gasteiger partial charge in [0, 0.05) is 6.04 Å². The van der Waals surface area contributed by atoms with Crippen LogP contribution in [0.4, 0.5) is 0 Å². The molecule has 0 bridgehead atoms. The summed E-state index contributed by atoms with van der Waals surface area (Å²) in [6, 6.07) is 4.89. The van der Waals surface area contributed by atoms with Crippen molar-refractivity contribution in [3.05, 3.63) is 23.8 Å². The van der Waals surface area contributed by atoms with Crippen molar-refractivity contribution >= 4 is 5.97 Å². The predicted octanol–water partition coefficient (Wildman–Crippen LogP) is 1.67. The molecule has 0 aromatic heterocycles. The molecule has 18 heavy (non-hydrogen) atoms. The highest BCUT2D eigenvalue weighted by Gasteiger charge is 2.49. The summed E-state index contributed by atoms with van der Waals surface area (Å²) in [5.41, 5.74) is 6.13. The van der Waals surface area contributed by atoms with Gasteiger partial charge in [0.15, 0.2) is 11.5 Å². The molecule has 1 aromatic carbocycles. The second kappa shape index (κ2) is 3.88. The van der Waals surface area contributed by atoms with Crippen LogP contribution in [0.25, 0.3) is 0 Å². The van der Waals surface area contributed by atoms with Crippen molar-refractivity contribution in [2.24, 2.45) is 11.1 Å². The van der Waals surface area contributed by atoms with Crippen molar-refractivity contribution in [3.8, 4) is 11.5 Å². The van der Waals surface area contributed by atoms with Crippen LogP contribution in [0.3, 0.4) is 0 Å². The lowest BCUT2D eigenvalue weighted by atomic mass is 9.62. The van der Waals surface area contributed by atoms with Gasteiger partial charge in [-0.3, -0.25) is 4.79 Å². The van der Waals surface area contributed by atoms with Crippen molar-refractivity contribution in [3.63, 3.8) is 0 Å². The van der Waals surface area contributed by atoms with E-state index < -0.39 is 17.4 Å². The lowest BCUT2D eigenvalue weighted by Crippen LogP contribution is -2.46. The Morgan fingerprint density at radius 3 is 2.67 bits per heavy atom. The lowest BCUT2D eigenvalue weighted by molar-refractivity contribution is -0.156. The first kappa shape index (κ1) is 11.3. The van der Waals surface area contributed by atoms with Gasteiger partial charge in [0.1, 0.15) is 0 Å². The van der Waals surface area contributed by atoms with Gasteiger partial charge in [0.2, 0.25) is 6.79 Å². The SMILES string of the molecule is NC(c1ccc2c(c1)OCO2)C1(C(=O)O)CCC1. The first-order chi connectivity index (χ1) is 8.63. The molecule has 1 unspecified atom stereocenters. The van der Waals surface area contributed by atoms with Crippen molar-refractivity contribution in [2.75, 3.05) is 6.79 Å². The van der Waals surface area contributed by atoms with Gasteiger partial charge in [-0.1, -0.05) is 12.5 Å². The molecule has 1 atom stereocenters. The van der Waals surface area contributed by atoms with E-state index in [-0.39, 0.29) is 6.79 Å². The van der Waals surface area contributed by atoms with E-state index in [1.807, 2.05) is 6.07 Å². The molecule has 0 saturated heterocycles. The van der Waals surface area contributed by atoms with Crippen molar-refractivity contribution in [1.29, 1.82) is 0 Å². The molecule has 5 heteroatoms. The van der Waals surface area contributed by atoms with E-state index in [2.05, 4.69) is 0 Å². The maximum Gasteiger partial charge on any atom is 0.311 e. The summed E-state index contributed by atoms with van der Waals surface area (Å²) in [4.78, 5) is 11.4. The normalized spacial score (nSPS) is 21.2. The van der Waals surface area contributed by atoms with Crippen LogP contribution in [0, 0.1) is 5.41 Å². The molecule has 1 aliphatic carbocycles. The van der Waals surface area contributed by atoms with Gasteiger partial charge < -0.3 is 20.3 Å². The molecule has 3 N–H and O–H groups in total. The average Bonchev–Trinajstić information content (AvgIpc) is 2.73. The van der Waals surface area contributed by atoms with Crippen molar-refractivity contribution < 1.29 is 19.4 Å². The summed E-state index contributed by atoms with van der Waals surface area (Å²) in [6.45, 7) is 0.206. The monoisotopic (exact) mass is 249 g/mol. The second-order valence-electron chi connectivity index (χ2n) is 4.91. The molecule has 1 aliphatic heterocycles. The number of rotatable bonds is 3. The van der Waals surface area contributed by atoms with Gasteiger partial charge in [-0.2, -0.15) is 0 Å². The summed E-state index contributed by atoms with van der Waals surface area (Å²) < 4.78 is 10.5. The first-order valence-electron chi connectivity index (χ1n) is 6.02. The maximum absolute atomic E-state index is 11.4. The molecule has 0 radical (unpaired) electrons. The van der Waals surface area contributed by atoms with Crippen LogP contribution >= 0.6 is 0 Å². The molecule has 96 valence electrons. The third-order valence-corrected chi connectivity index (χ3v) is 4.02. The molecule has 0 amide bonds. The number of carboxylic acids is 1. The average molecular weight is 249 g/mol. The number of fused-ring (bicyclic) bond motifs is 1. The quantitative estimate of drug-likeness (QED) is 0.851. The molecule has 1 heterocycles. The zero-order valence-corrected chi connectivity index (χ0v) is 9.89. The summed E-state index contributed by atoms with van der Waals surface area (Å²) in [5, 5.41) is 9.37. The topological polar surface area (TPSA) is 81.8 Å². The third-order valence-electron chi connectivity index (χ3n) is 4.02. The molecule has 1 aromatic rings. The van der Waals surface area contributed by atoms with Gasteiger partial charge >= 0.3 is 5.97 Å². The van der Waals surface area contributed by atoms with Gasteiger partial charge in [-0.25, -0.2) is 0 Å². The Balaban J connectivity index is 1.92. The Hall–Kier alpha value is -1.75. The standard InChI is InChI=1S/C13H15NO4/c14-11(13(12(15)16)4-1-5-13)8-2-3-9-10(6-8)18-7-17-9/h2-3,6,11H,1,4-5,7,14H2,(H,15,16). The summed E-state index contributed by atoms with van der Waals surface area (Å²) >= 11 is 0. The van der Waals surface area contributed by atoms with Crippen LogP contribution in [-0.4, -0.2) is 17.9 Å². The Labute approximate surface area is 104 Å². The highest BCUT2D eigenvalue weighted by molar-refractivity contribution is 5.77. The zero-order chi connectivity index (χ0) is 12.8. The van der Waals surface area contributed by atoms with E-state index in [0.717, 1.165) is 12.0 Å². The minimum atomic E-state index is -0.812. The van der Waals surface area contributed by atoms with Crippen LogP contribution < -0.4 is 15.2 Å². The Morgan fingerprint density at radius 2 is 2.06 bits per heavy atom. The highest BCUT2D eigenvalue weighted by Crippen LogP contribution is 2.50. The molecular formula is C13H15NO4. The smallest absolute Gasteiger partial charge is 0.311 e. The first-order valence-corrected chi connectivity index (χ1v) is 6.02. The molecule has 3 rings (SSSR count). The van der Waals surface area contributed by atoms with Crippen molar-refractivity contribution in [2.45, 2.75) is 25.3 Å². The Kier molecular flexibility index (Phi) is 2.45. The Morgan fingerprint density at radius 1 is 1.33 bits per heavy atom. The number of hydrogen-bond donors (Lipinski definition) is 2. The van der Waals surface area contributed by atoms with E-state index >= 15 is 0 Å². The minimum absolute atomic E-state index is 0.206. The lowest BCUT2D eigenvalue weighted by Gasteiger charge is -2.42. The van der Waals surface area contributed by atoms with E-state index in [1.165, 1.54) is 0 Å². The number of carbonyl (C=O) groups is 1. The minimum Gasteiger partial charge on any atom is -0.481 e. The second-order valence-corrected chi connectivity index (χ2v) is 4.91. The fourth-order valence-electron chi connectivity index (χ4n) is 2.64. The molecule has 1 fully saturated rings. The number of ether oxygens (including phenoxy) is 2. The number of nitrogens with two attached hydrogens (primary N) is 1. The Bertz CT molecular complexity index is 496. The number of aliphatic carboxylic acids is 1. The van der Waals surface area contributed by atoms with E-state index in [1.54, 1.807) is 12.1 Å². The maximum atomic E-state index is 11.4. The number of hydrogen-bond acceptors (Lipinski definition) is 4. The van der Waals surface area contributed by atoms with Gasteiger partial charge in [-0.05, 0) is 30.5 Å². The van der Waals surface area contributed by atoms with Crippen LogP contribution in [0.2, 0.25) is 0 Å². The molecule has 0 spiro atoms. The van der Waals surface area contributed by atoms with Crippen LogP contribution in [0.1, 0.15) is 30.9 Å². The molecular weight excluding hydrogens is 234 g/mol. The number of benzene rings is 1. The van der Waals surface area contributed by atoms with Crippen LogP contribution in [-0.2, 0) is 4.79 Å². The fourth-order valence-corrected chi connectivity index (χ4v) is 2.64. The molecule has 5 nitrogen and oxygen atoms in total. The van der Waals surface area contributed by atoms with Crippen molar-refractivity contribution in [1.82, 2.24) is 0 Å². The predicted molar refractivity (Wildman–Crippen MR) is 63.4 cm³/mol. The summed E-state index contributed by atoms with van der Waals surface area (Å²) in [5.74, 6) is 0.519. The van der Waals surface area contributed by atoms with Gasteiger partial charge in [-0.15, -0.1) is 0 Å². The molecule has 2 aliphatic rings. The molecule has 1 saturated carbocycles. The highest BCUT2D eigenvalue weighted by atomic mass is 16.7. The fraction of sp³-hybridized carbons (Fsp3) is 0.462. The summed E-state index contributed by atoms with van der Waals surface area (Å²) in [7, 11) is 0. The van der Waals surface area contributed by atoms with E-state index in [4.69, 9.17) is 15.2 Å². The third kappa shape index (κ3) is 1.47. The van der Waals surface area contributed by atoms with Crippen LogP contribution in [0.15, 0.2) is 18.2 Å². The van der Waals surface area contributed by atoms with E-state index in [9.17, 15) is 9.90 Å². The van der Waals surface area contributed by atoms with Gasteiger partial charge in [0.05, 0.1) is 5.41 Å². The summed E-state index contributed by atoms with van der Waals surface area (Å²) in [6.07, 6.45) is 2.19. The van der Waals surface area contributed by atoms with Gasteiger partial charge in [0.25, 0.3) is 0 Å². The largest absolute Gasteiger partial charge is 0.481 e.